The minimum Gasteiger partial charge on any atom is -0.454 e. The zero-order valence-corrected chi connectivity index (χ0v) is 19.0. The van der Waals surface area contributed by atoms with Gasteiger partial charge in [-0.3, -0.25) is 0 Å². The van der Waals surface area contributed by atoms with E-state index in [1.807, 2.05) is 0 Å². The van der Waals surface area contributed by atoms with E-state index in [0.717, 1.165) is 30.8 Å². The molecule has 0 bridgehead atoms. The molecule has 3 aromatic rings. The highest BCUT2D eigenvalue weighted by Crippen LogP contribution is 2.55. The van der Waals surface area contributed by atoms with Crippen molar-refractivity contribution in [1.82, 2.24) is 0 Å². The fourth-order valence-electron chi connectivity index (χ4n) is 6.58. The first kappa shape index (κ1) is 19.7. The van der Waals surface area contributed by atoms with Crippen molar-refractivity contribution in [3.63, 3.8) is 0 Å². The van der Waals surface area contributed by atoms with Crippen molar-refractivity contribution in [2.24, 2.45) is 5.92 Å². The fraction of sp³-hybridized carbons (Fsp3) is 0.333. The molecule has 6 rings (SSSR count). The minimum atomic E-state index is 0.337. The van der Waals surface area contributed by atoms with Crippen LogP contribution in [0.3, 0.4) is 0 Å². The Morgan fingerprint density at radius 1 is 1.00 bits per heavy atom. The lowest BCUT2D eigenvalue weighted by Gasteiger charge is -2.45. The smallest absolute Gasteiger partial charge is 0.231 e. The van der Waals surface area contributed by atoms with Crippen LogP contribution in [0.15, 0.2) is 61.2 Å². The van der Waals surface area contributed by atoms with E-state index in [9.17, 15) is 0 Å². The summed E-state index contributed by atoms with van der Waals surface area (Å²) in [5, 5.41) is 0. The highest BCUT2D eigenvalue weighted by atomic mass is 16.7. The van der Waals surface area contributed by atoms with E-state index in [2.05, 4.69) is 75.0 Å². The SMILES string of the molecule is C=C(C)c1c(C)ccc2c1CC1CCc3cc4c(cc3C1C2Cc1ccccc1)OCO4. The van der Waals surface area contributed by atoms with E-state index in [-0.39, 0.29) is 0 Å². The first-order valence-corrected chi connectivity index (χ1v) is 11.8. The molecule has 2 heteroatoms. The Morgan fingerprint density at radius 2 is 1.78 bits per heavy atom. The van der Waals surface area contributed by atoms with E-state index >= 15 is 0 Å². The summed E-state index contributed by atoms with van der Waals surface area (Å²) in [7, 11) is 0. The summed E-state index contributed by atoms with van der Waals surface area (Å²) in [6.45, 7) is 9.09. The van der Waals surface area contributed by atoms with Gasteiger partial charge in [0.05, 0.1) is 0 Å². The predicted molar refractivity (Wildman–Crippen MR) is 130 cm³/mol. The lowest BCUT2D eigenvalue weighted by atomic mass is 9.59. The lowest BCUT2D eigenvalue weighted by Crippen LogP contribution is -2.34. The number of hydrogen-bond acceptors (Lipinski definition) is 2. The third-order valence-corrected chi connectivity index (χ3v) is 7.87. The number of aryl methyl sites for hydroxylation is 2. The summed E-state index contributed by atoms with van der Waals surface area (Å²) < 4.78 is 11.5. The van der Waals surface area contributed by atoms with Crippen molar-refractivity contribution in [2.75, 3.05) is 6.79 Å². The van der Waals surface area contributed by atoms with Crippen molar-refractivity contribution in [1.29, 1.82) is 0 Å². The number of hydrogen-bond donors (Lipinski definition) is 0. The Bertz CT molecular complexity index is 1210. The van der Waals surface area contributed by atoms with Crippen molar-refractivity contribution in [3.8, 4) is 11.5 Å². The Balaban J connectivity index is 1.54. The molecule has 1 aliphatic heterocycles. The minimum absolute atomic E-state index is 0.337. The molecule has 0 saturated carbocycles. The van der Waals surface area contributed by atoms with Crippen LogP contribution in [0.4, 0.5) is 0 Å². The molecular formula is C30H30O2. The average molecular weight is 423 g/mol. The molecule has 0 spiro atoms. The van der Waals surface area contributed by atoms with Gasteiger partial charge in [0.2, 0.25) is 6.79 Å². The maximum Gasteiger partial charge on any atom is 0.231 e. The van der Waals surface area contributed by atoms with E-state index in [1.54, 1.807) is 5.56 Å². The highest BCUT2D eigenvalue weighted by Gasteiger charge is 2.42. The standard InChI is InChI=1S/C30H30O2/c1-18(2)29-19(3)9-12-23-25(13-20-7-5-4-6-8-20)30-22(14-26(23)29)11-10-21-15-27-28(16-24(21)30)32-17-31-27/h4-9,12,15-16,22,25,30H,1,10-11,13-14,17H2,2-3H3. The van der Waals surface area contributed by atoms with Gasteiger partial charge in [0.25, 0.3) is 0 Å². The first-order valence-electron chi connectivity index (χ1n) is 11.8. The largest absolute Gasteiger partial charge is 0.454 e. The van der Waals surface area contributed by atoms with E-state index in [1.165, 1.54) is 45.4 Å². The molecule has 0 aromatic heterocycles. The number of benzene rings is 3. The van der Waals surface area contributed by atoms with Gasteiger partial charge in [-0.1, -0.05) is 54.6 Å². The van der Waals surface area contributed by atoms with Crippen molar-refractivity contribution in [3.05, 3.63) is 100 Å². The van der Waals surface area contributed by atoms with Crippen LogP contribution < -0.4 is 9.47 Å². The Hall–Kier alpha value is -3.00. The molecule has 0 saturated heterocycles. The third-order valence-electron chi connectivity index (χ3n) is 7.87. The van der Waals surface area contributed by atoms with Crippen molar-refractivity contribution < 1.29 is 9.47 Å². The van der Waals surface area contributed by atoms with Gasteiger partial charge in [-0.15, -0.1) is 0 Å². The van der Waals surface area contributed by atoms with Gasteiger partial charge in [0.1, 0.15) is 0 Å². The molecule has 3 unspecified atom stereocenters. The second-order valence-electron chi connectivity index (χ2n) is 9.83. The van der Waals surface area contributed by atoms with Crippen LogP contribution in [0.2, 0.25) is 0 Å². The number of rotatable bonds is 3. The first-order chi connectivity index (χ1) is 15.6. The maximum absolute atomic E-state index is 5.80. The van der Waals surface area contributed by atoms with Crippen LogP contribution in [0.5, 0.6) is 11.5 Å². The molecule has 162 valence electrons. The number of ether oxygens (including phenoxy) is 2. The van der Waals surface area contributed by atoms with E-state index < -0.39 is 0 Å². The van der Waals surface area contributed by atoms with Gasteiger partial charge in [0, 0.05) is 0 Å². The van der Waals surface area contributed by atoms with Crippen molar-refractivity contribution >= 4 is 5.57 Å². The lowest BCUT2D eigenvalue weighted by molar-refractivity contribution is 0.174. The normalized spacial score (nSPS) is 22.6. The summed E-state index contributed by atoms with van der Waals surface area (Å²) in [6.07, 6.45) is 4.55. The molecule has 32 heavy (non-hydrogen) atoms. The predicted octanol–water partition coefficient (Wildman–Crippen LogP) is 6.99. The second-order valence-corrected chi connectivity index (χ2v) is 9.83. The maximum atomic E-state index is 5.80. The molecule has 3 aliphatic rings. The molecule has 0 amide bonds. The van der Waals surface area contributed by atoms with Gasteiger partial charge < -0.3 is 9.47 Å². The molecule has 2 aliphatic carbocycles. The van der Waals surface area contributed by atoms with Gasteiger partial charge in [-0.05, 0) is 108 Å². The van der Waals surface area contributed by atoms with Crippen LogP contribution in [0.1, 0.15) is 64.1 Å². The number of allylic oxidation sites excluding steroid dienone is 1. The fourth-order valence-corrected chi connectivity index (χ4v) is 6.58. The quantitative estimate of drug-likeness (QED) is 0.453. The highest BCUT2D eigenvalue weighted by molar-refractivity contribution is 5.70. The molecular weight excluding hydrogens is 392 g/mol. The van der Waals surface area contributed by atoms with Crippen LogP contribution in [0, 0.1) is 12.8 Å². The zero-order valence-electron chi connectivity index (χ0n) is 19.0. The second kappa shape index (κ2) is 7.55. The molecule has 3 aromatic carbocycles. The van der Waals surface area contributed by atoms with Crippen LogP contribution >= 0.6 is 0 Å². The Labute approximate surface area is 190 Å². The molecule has 0 fully saturated rings. The van der Waals surface area contributed by atoms with Crippen molar-refractivity contribution in [2.45, 2.75) is 51.4 Å². The van der Waals surface area contributed by atoms with Crippen LogP contribution in [-0.4, -0.2) is 6.79 Å². The summed E-state index contributed by atoms with van der Waals surface area (Å²) in [5.74, 6) is 3.42. The zero-order chi connectivity index (χ0) is 21.8. The Kier molecular flexibility index (Phi) is 4.64. The summed E-state index contributed by atoms with van der Waals surface area (Å²) in [4.78, 5) is 0. The van der Waals surface area contributed by atoms with Crippen LogP contribution in [-0.2, 0) is 19.3 Å². The molecule has 0 N–H and O–H groups in total. The molecule has 1 heterocycles. The number of fused-ring (bicyclic) bond motifs is 5. The monoisotopic (exact) mass is 422 g/mol. The molecule has 3 atom stereocenters. The van der Waals surface area contributed by atoms with E-state index in [4.69, 9.17) is 9.47 Å². The third kappa shape index (κ3) is 3.08. The molecule has 0 radical (unpaired) electrons. The summed E-state index contributed by atoms with van der Waals surface area (Å²) in [5.41, 5.74) is 11.3. The average Bonchev–Trinajstić information content (AvgIpc) is 3.25. The summed E-state index contributed by atoms with van der Waals surface area (Å²) >= 11 is 0. The van der Waals surface area contributed by atoms with Gasteiger partial charge in [-0.25, -0.2) is 0 Å². The van der Waals surface area contributed by atoms with Gasteiger partial charge in [0.15, 0.2) is 11.5 Å². The summed E-state index contributed by atoms with van der Waals surface area (Å²) in [6, 6.07) is 20.3. The van der Waals surface area contributed by atoms with E-state index in [0.29, 0.717) is 24.5 Å². The Morgan fingerprint density at radius 3 is 2.56 bits per heavy atom. The van der Waals surface area contributed by atoms with Gasteiger partial charge >= 0.3 is 0 Å². The van der Waals surface area contributed by atoms with Gasteiger partial charge in [-0.2, -0.15) is 0 Å². The topological polar surface area (TPSA) is 18.5 Å². The van der Waals surface area contributed by atoms with Crippen LogP contribution in [0.25, 0.3) is 5.57 Å². The molecule has 2 nitrogen and oxygen atoms in total.